The number of amides is 1. The van der Waals surface area contributed by atoms with Gasteiger partial charge in [0.2, 0.25) is 0 Å². The van der Waals surface area contributed by atoms with Gasteiger partial charge < -0.3 is 19.1 Å². The van der Waals surface area contributed by atoms with E-state index in [4.69, 9.17) is 14.2 Å². The third kappa shape index (κ3) is 3.74. The molecule has 0 saturated carbocycles. The van der Waals surface area contributed by atoms with Crippen molar-refractivity contribution in [2.24, 2.45) is 5.92 Å². The van der Waals surface area contributed by atoms with Crippen LogP contribution >= 0.6 is 0 Å². The molecule has 0 bridgehead atoms. The highest BCUT2D eigenvalue weighted by atomic mass is 16.5. The summed E-state index contributed by atoms with van der Waals surface area (Å²) in [6.07, 6.45) is 1.65. The predicted octanol–water partition coefficient (Wildman–Crippen LogP) is 3.03. The second-order valence-electron chi connectivity index (χ2n) is 6.43. The summed E-state index contributed by atoms with van der Waals surface area (Å²) >= 11 is 0. The van der Waals surface area contributed by atoms with E-state index < -0.39 is 5.97 Å². The Hall–Kier alpha value is -2.76. The summed E-state index contributed by atoms with van der Waals surface area (Å²) in [7, 11) is 4.42. The molecule has 6 heteroatoms. The molecule has 6 nitrogen and oxygen atoms in total. The first kappa shape index (κ1) is 19.6. The SMILES string of the molecule is COC(=O)C1=C(C)N(CC(C)C)C(=O)/C1=C\c1cc(OC)ccc1OC. The maximum Gasteiger partial charge on any atom is 0.340 e. The van der Waals surface area contributed by atoms with Crippen LogP contribution in [0.15, 0.2) is 35.0 Å². The van der Waals surface area contributed by atoms with Gasteiger partial charge in [-0.2, -0.15) is 0 Å². The summed E-state index contributed by atoms with van der Waals surface area (Å²) in [6.45, 7) is 6.32. The van der Waals surface area contributed by atoms with E-state index in [0.29, 0.717) is 34.9 Å². The van der Waals surface area contributed by atoms with Crippen LogP contribution in [-0.2, 0) is 14.3 Å². The highest BCUT2D eigenvalue weighted by molar-refractivity contribution is 6.16. The molecule has 1 aliphatic rings. The molecule has 0 aromatic heterocycles. The lowest BCUT2D eigenvalue weighted by molar-refractivity contribution is -0.136. The smallest absolute Gasteiger partial charge is 0.340 e. The van der Waals surface area contributed by atoms with Crippen molar-refractivity contribution in [3.05, 3.63) is 40.6 Å². The average Bonchev–Trinajstić information content (AvgIpc) is 2.85. The van der Waals surface area contributed by atoms with E-state index in [1.54, 1.807) is 50.3 Å². The van der Waals surface area contributed by atoms with Gasteiger partial charge in [-0.3, -0.25) is 4.79 Å². The zero-order chi connectivity index (χ0) is 19.4. The van der Waals surface area contributed by atoms with Crippen molar-refractivity contribution in [2.75, 3.05) is 27.9 Å². The third-order valence-electron chi connectivity index (χ3n) is 4.19. The summed E-state index contributed by atoms with van der Waals surface area (Å²) < 4.78 is 15.5. The molecule has 1 aromatic rings. The van der Waals surface area contributed by atoms with Gasteiger partial charge >= 0.3 is 5.97 Å². The quantitative estimate of drug-likeness (QED) is 0.577. The molecule has 2 rings (SSSR count). The van der Waals surface area contributed by atoms with Gasteiger partial charge in [0.15, 0.2) is 0 Å². The van der Waals surface area contributed by atoms with Crippen LogP contribution in [-0.4, -0.2) is 44.7 Å². The highest BCUT2D eigenvalue weighted by Gasteiger charge is 2.37. The minimum atomic E-state index is -0.532. The lowest BCUT2D eigenvalue weighted by atomic mass is 10.0. The number of carbonyl (C=O) groups is 2. The molecular weight excluding hydrogens is 334 g/mol. The molecule has 0 saturated heterocycles. The number of hydrogen-bond acceptors (Lipinski definition) is 5. The van der Waals surface area contributed by atoms with Gasteiger partial charge in [0.05, 0.1) is 32.5 Å². The van der Waals surface area contributed by atoms with Crippen LogP contribution in [0.5, 0.6) is 11.5 Å². The molecule has 1 amide bonds. The lowest BCUT2D eigenvalue weighted by Gasteiger charge is -2.20. The van der Waals surface area contributed by atoms with Crippen molar-refractivity contribution in [3.63, 3.8) is 0 Å². The summed E-state index contributed by atoms with van der Waals surface area (Å²) in [4.78, 5) is 26.9. The first-order valence-electron chi connectivity index (χ1n) is 8.39. The predicted molar refractivity (Wildman–Crippen MR) is 98.8 cm³/mol. The van der Waals surface area contributed by atoms with Crippen LogP contribution < -0.4 is 9.47 Å². The van der Waals surface area contributed by atoms with Gasteiger partial charge in [-0.1, -0.05) is 13.8 Å². The molecule has 0 atom stereocenters. The normalized spacial score (nSPS) is 15.9. The fourth-order valence-electron chi connectivity index (χ4n) is 2.92. The fourth-order valence-corrected chi connectivity index (χ4v) is 2.92. The number of ether oxygens (including phenoxy) is 3. The monoisotopic (exact) mass is 359 g/mol. The number of methoxy groups -OCH3 is 3. The standard InChI is InChI=1S/C20H25NO5/c1-12(2)11-21-13(3)18(20(23)26-6)16(19(21)22)10-14-9-15(24-4)7-8-17(14)25-5/h7-10,12H,11H2,1-6H3/b16-10-. The number of rotatable bonds is 6. The van der Waals surface area contributed by atoms with Crippen molar-refractivity contribution in [1.82, 2.24) is 4.90 Å². The first-order chi connectivity index (χ1) is 12.3. The zero-order valence-electron chi connectivity index (χ0n) is 16.1. The van der Waals surface area contributed by atoms with Crippen LogP contribution in [0.25, 0.3) is 6.08 Å². The van der Waals surface area contributed by atoms with Gasteiger partial charge in [0.25, 0.3) is 5.91 Å². The molecule has 0 spiro atoms. The van der Waals surface area contributed by atoms with E-state index in [-0.39, 0.29) is 17.4 Å². The van der Waals surface area contributed by atoms with Crippen molar-refractivity contribution in [3.8, 4) is 11.5 Å². The van der Waals surface area contributed by atoms with Crippen molar-refractivity contribution < 1.29 is 23.8 Å². The first-order valence-corrected chi connectivity index (χ1v) is 8.39. The van der Waals surface area contributed by atoms with E-state index in [0.717, 1.165) is 0 Å². The Labute approximate surface area is 154 Å². The van der Waals surface area contributed by atoms with Crippen LogP contribution in [0, 0.1) is 5.92 Å². The zero-order valence-corrected chi connectivity index (χ0v) is 16.1. The molecule has 0 fully saturated rings. The highest BCUT2D eigenvalue weighted by Crippen LogP contribution is 2.34. The number of esters is 1. The molecule has 0 aliphatic carbocycles. The Morgan fingerprint density at radius 1 is 1.19 bits per heavy atom. The molecule has 140 valence electrons. The van der Waals surface area contributed by atoms with Gasteiger partial charge in [-0.15, -0.1) is 0 Å². The van der Waals surface area contributed by atoms with Gasteiger partial charge in [0.1, 0.15) is 11.5 Å². The number of benzene rings is 1. The molecule has 0 unspecified atom stereocenters. The van der Waals surface area contributed by atoms with E-state index in [1.165, 1.54) is 7.11 Å². The molecule has 0 N–H and O–H groups in total. The third-order valence-corrected chi connectivity index (χ3v) is 4.19. The van der Waals surface area contributed by atoms with Crippen molar-refractivity contribution in [1.29, 1.82) is 0 Å². The minimum Gasteiger partial charge on any atom is -0.497 e. The van der Waals surface area contributed by atoms with Crippen LogP contribution in [0.1, 0.15) is 26.3 Å². The maximum atomic E-state index is 13.0. The van der Waals surface area contributed by atoms with Gasteiger partial charge in [0, 0.05) is 17.8 Å². The molecular formula is C20H25NO5. The number of hydrogen-bond donors (Lipinski definition) is 0. The average molecular weight is 359 g/mol. The fraction of sp³-hybridized carbons (Fsp3) is 0.400. The van der Waals surface area contributed by atoms with E-state index >= 15 is 0 Å². The van der Waals surface area contributed by atoms with Gasteiger partial charge in [-0.05, 0) is 37.1 Å². The molecule has 1 heterocycles. The molecule has 1 aromatic carbocycles. The topological polar surface area (TPSA) is 65.1 Å². The summed E-state index contributed by atoms with van der Waals surface area (Å²) in [5.41, 5.74) is 1.82. The Bertz CT molecular complexity index is 776. The largest absolute Gasteiger partial charge is 0.497 e. The maximum absolute atomic E-state index is 13.0. The Morgan fingerprint density at radius 3 is 2.42 bits per heavy atom. The lowest BCUT2D eigenvalue weighted by Crippen LogP contribution is -2.28. The minimum absolute atomic E-state index is 0.221. The summed E-state index contributed by atoms with van der Waals surface area (Å²) in [5, 5.41) is 0. The van der Waals surface area contributed by atoms with Crippen LogP contribution in [0.2, 0.25) is 0 Å². The Kier molecular flexibility index (Phi) is 6.08. The number of carbonyl (C=O) groups excluding carboxylic acids is 2. The Balaban J connectivity index is 2.60. The van der Waals surface area contributed by atoms with E-state index in [2.05, 4.69) is 0 Å². The second kappa shape index (κ2) is 8.08. The number of allylic oxidation sites excluding steroid dienone is 1. The molecule has 26 heavy (non-hydrogen) atoms. The van der Waals surface area contributed by atoms with Crippen LogP contribution in [0.3, 0.4) is 0 Å². The second-order valence-corrected chi connectivity index (χ2v) is 6.43. The summed E-state index contributed by atoms with van der Waals surface area (Å²) in [6, 6.07) is 5.28. The van der Waals surface area contributed by atoms with Crippen molar-refractivity contribution >= 4 is 18.0 Å². The van der Waals surface area contributed by atoms with Crippen molar-refractivity contribution in [2.45, 2.75) is 20.8 Å². The summed E-state index contributed by atoms with van der Waals surface area (Å²) in [5.74, 6) is 0.716. The van der Waals surface area contributed by atoms with Crippen LogP contribution in [0.4, 0.5) is 0 Å². The van der Waals surface area contributed by atoms with Gasteiger partial charge in [-0.25, -0.2) is 4.79 Å². The Morgan fingerprint density at radius 2 is 1.88 bits per heavy atom. The van der Waals surface area contributed by atoms with E-state index in [9.17, 15) is 9.59 Å². The molecule has 1 aliphatic heterocycles. The van der Waals surface area contributed by atoms with E-state index in [1.807, 2.05) is 13.8 Å². The number of nitrogens with zero attached hydrogens (tertiary/aromatic N) is 1. The molecule has 0 radical (unpaired) electrons.